The molecule has 106 valence electrons. The normalized spacial score (nSPS) is 22.9. The van der Waals surface area contributed by atoms with E-state index in [0.29, 0.717) is 31.3 Å². The van der Waals surface area contributed by atoms with Crippen LogP contribution in [0.5, 0.6) is 0 Å². The van der Waals surface area contributed by atoms with E-state index in [0.717, 1.165) is 5.56 Å². The zero-order valence-corrected chi connectivity index (χ0v) is 12.0. The summed E-state index contributed by atoms with van der Waals surface area (Å²) in [6.07, 6.45) is 2.16. The predicted octanol–water partition coefficient (Wildman–Crippen LogP) is 2.32. The quantitative estimate of drug-likeness (QED) is 0.876. The lowest BCUT2D eigenvalue weighted by molar-refractivity contribution is -0.0149. The van der Waals surface area contributed by atoms with Gasteiger partial charge in [-0.25, -0.2) is 0 Å². The van der Waals surface area contributed by atoms with Gasteiger partial charge >= 0.3 is 0 Å². The first-order valence-electron chi connectivity index (χ1n) is 6.52. The second-order valence-electron chi connectivity index (χ2n) is 4.72. The molecule has 0 aliphatic carbocycles. The van der Waals surface area contributed by atoms with E-state index in [4.69, 9.17) is 9.26 Å². The topological polar surface area (TPSA) is 68.4 Å². The summed E-state index contributed by atoms with van der Waals surface area (Å²) in [7, 11) is 0. The zero-order chi connectivity index (χ0) is 13.9. The molecule has 1 saturated heterocycles. The fourth-order valence-electron chi connectivity index (χ4n) is 2.21. The summed E-state index contributed by atoms with van der Waals surface area (Å²) in [6, 6.07) is 7.98. The highest BCUT2D eigenvalue weighted by Crippen LogP contribution is 2.27. The van der Waals surface area contributed by atoms with Crippen LogP contribution in [0.1, 0.15) is 18.2 Å². The van der Waals surface area contributed by atoms with Crippen LogP contribution in [-0.4, -0.2) is 40.8 Å². The van der Waals surface area contributed by atoms with E-state index in [1.807, 2.05) is 30.5 Å². The molecular formula is C14H16N2O3S. The number of aromatic nitrogens is 2. The fourth-order valence-corrected chi connectivity index (χ4v) is 2.61. The molecule has 1 aliphatic rings. The SMILES string of the molecule is CSc1ccc(-c2noc(C3COCCC3O)n2)cc1. The number of hydrogen-bond acceptors (Lipinski definition) is 6. The number of ether oxygens (including phenoxy) is 1. The number of hydrogen-bond donors (Lipinski definition) is 1. The van der Waals surface area contributed by atoms with Gasteiger partial charge in [0.15, 0.2) is 0 Å². The Labute approximate surface area is 121 Å². The molecule has 1 N–H and O–H groups in total. The maximum absolute atomic E-state index is 9.96. The molecule has 3 rings (SSSR count). The van der Waals surface area contributed by atoms with Crippen molar-refractivity contribution >= 4 is 11.8 Å². The van der Waals surface area contributed by atoms with Crippen LogP contribution in [0.15, 0.2) is 33.7 Å². The highest BCUT2D eigenvalue weighted by Gasteiger charge is 2.30. The lowest BCUT2D eigenvalue weighted by atomic mass is 9.99. The summed E-state index contributed by atoms with van der Waals surface area (Å²) in [5.41, 5.74) is 0.906. The number of thioether (sulfide) groups is 1. The number of aliphatic hydroxyl groups is 1. The van der Waals surface area contributed by atoms with Crippen molar-refractivity contribution in [3.63, 3.8) is 0 Å². The van der Waals surface area contributed by atoms with Crippen molar-refractivity contribution < 1.29 is 14.4 Å². The van der Waals surface area contributed by atoms with Crippen LogP contribution in [0.3, 0.4) is 0 Å². The minimum absolute atomic E-state index is 0.226. The zero-order valence-electron chi connectivity index (χ0n) is 11.2. The smallest absolute Gasteiger partial charge is 0.235 e. The second-order valence-corrected chi connectivity index (χ2v) is 5.60. The third-order valence-corrected chi connectivity index (χ3v) is 4.17. The van der Waals surface area contributed by atoms with Gasteiger partial charge in [-0.3, -0.25) is 0 Å². The molecule has 0 bridgehead atoms. The first kappa shape index (κ1) is 13.6. The van der Waals surface area contributed by atoms with Gasteiger partial charge in [-0.15, -0.1) is 11.8 Å². The van der Waals surface area contributed by atoms with Crippen molar-refractivity contribution in [2.24, 2.45) is 0 Å². The minimum atomic E-state index is -0.476. The first-order chi connectivity index (χ1) is 9.78. The third kappa shape index (κ3) is 2.72. The van der Waals surface area contributed by atoms with Gasteiger partial charge in [0.25, 0.3) is 0 Å². The van der Waals surface area contributed by atoms with Gasteiger partial charge in [0.1, 0.15) is 0 Å². The molecule has 0 spiro atoms. The summed E-state index contributed by atoms with van der Waals surface area (Å²) >= 11 is 1.69. The lowest BCUT2D eigenvalue weighted by Crippen LogP contribution is -2.30. The van der Waals surface area contributed by atoms with Crippen molar-refractivity contribution in [3.8, 4) is 11.4 Å². The third-order valence-electron chi connectivity index (χ3n) is 3.43. The summed E-state index contributed by atoms with van der Waals surface area (Å²) in [5.74, 6) is 0.766. The Balaban J connectivity index is 1.81. The lowest BCUT2D eigenvalue weighted by Gasteiger charge is -2.24. The number of rotatable bonds is 3. The Bertz CT molecular complexity index is 570. The van der Waals surface area contributed by atoms with Gasteiger partial charge in [-0.2, -0.15) is 4.98 Å². The molecular weight excluding hydrogens is 276 g/mol. The molecule has 0 saturated carbocycles. The molecule has 2 aromatic rings. The molecule has 1 aromatic carbocycles. The molecule has 1 aromatic heterocycles. The standard InChI is InChI=1S/C14H16N2O3S/c1-20-10-4-2-9(3-5-10)13-15-14(19-16-13)11-8-18-7-6-12(11)17/h2-5,11-12,17H,6-8H2,1H3. The maximum atomic E-state index is 9.96. The highest BCUT2D eigenvalue weighted by atomic mass is 32.2. The van der Waals surface area contributed by atoms with E-state index in [-0.39, 0.29) is 5.92 Å². The monoisotopic (exact) mass is 292 g/mol. The van der Waals surface area contributed by atoms with Crippen LogP contribution in [0.25, 0.3) is 11.4 Å². The fraction of sp³-hybridized carbons (Fsp3) is 0.429. The van der Waals surface area contributed by atoms with Crippen molar-refractivity contribution in [2.75, 3.05) is 19.5 Å². The molecule has 2 heterocycles. The maximum Gasteiger partial charge on any atom is 0.235 e. The molecule has 5 nitrogen and oxygen atoms in total. The van der Waals surface area contributed by atoms with Gasteiger partial charge in [0.2, 0.25) is 11.7 Å². The Morgan fingerprint density at radius 3 is 2.80 bits per heavy atom. The van der Waals surface area contributed by atoms with Gasteiger partial charge in [0, 0.05) is 17.1 Å². The van der Waals surface area contributed by atoms with Crippen LogP contribution in [-0.2, 0) is 4.74 Å². The van der Waals surface area contributed by atoms with Crippen molar-refractivity contribution in [3.05, 3.63) is 30.2 Å². The predicted molar refractivity (Wildman–Crippen MR) is 75.7 cm³/mol. The largest absolute Gasteiger partial charge is 0.392 e. The van der Waals surface area contributed by atoms with Crippen LogP contribution >= 0.6 is 11.8 Å². The van der Waals surface area contributed by atoms with E-state index >= 15 is 0 Å². The average Bonchev–Trinajstić information content (AvgIpc) is 2.97. The number of aliphatic hydroxyl groups excluding tert-OH is 1. The Morgan fingerprint density at radius 2 is 2.10 bits per heavy atom. The second kappa shape index (κ2) is 5.95. The highest BCUT2D eigenvalue weighted by molar-refractivity contribution is 7.98. The Hall–Kier alpha value is -1.37. The Kier molecular flexibility index (Phi) is 4.05. The van der Waals surface area contributed by atoms with Crippen molar-refractivity contribution in [1.82, 2.24) is 10.1 Å². The van der Waals surface area contributed by atoms with Gasteiger partial charge < -0.3 is 14.4 Å². The molecule has 0 amide bonds. The van der Waals surface area contributed by atoms with E-state index in [2.05, 4.69) is 10.1 Å². The molecule has 0 radical (unpaired) electrons. The van der Waals surface area contributed by atoms with E-state index in [1.165, 1.54) is 4.90 Å². The number of benzene rings is 1. The summed E-state index contributed by atoms with van der Waals surface area (Å²) in [6.45, 7) is 1.00. The summed E-state index contributed by atoms with van der Waals surface area (Å²) < 4.78 is 10.6. The number of nitrogens with zero attached hydrogens (tertiary/aromatic N) is 2. The van der Waals surface area contributed by atoms with E-state index in [1.54, 1.807) is 11.8 Å². The van der Waals surface area contributed by atoms with Gasteiger partial charge in [-0.1, -0.05) is 5.16 Å². The van der Waals surface area contributed by atoms with Crippen molar-refractivity contribution in [2.45, 2.75) is 23.3 Å². The molecule has 1 aliphatic heterocycles. The molecule has 1 fully saturated rings. The molecule has 6 heteroatoms. The van der Waals surface area contributed by atoms with Crippen LogP contribution in [0, 0.1) is 0 Å². The van der Waals surface area contributed by atoms with E-state index in [9.17, 15) is 5.11 Å². The van der Waals surface area contributed by atoms with Gasteiger partial charge in [0.05, 0.1) is 18.6 Å². The molecule has 2 atom stereocenters. The van der Waals surface area contributed by atoms with Crippen LogP contribution in [0.4, 0.5) is 0 Å². The van der Waals surface area contributed by atoms with Crippen LogP contribution in [0.2, 0.25) is 0 Å². The van der Waals surface area contributed by atoms with Crippen molar-refractivity contribution in [1.29, 1.82) is 0 Å². The Morgan fingerprint density at radius 1 is 1.30 bits per heavy atom. The first-order valence-corrected chi connectivity index (χ1v) is 7.74. The average molecular weight is 292 g/mol. The minimum Gasteiger partial charge on any atom is -0.392 e. The van der Waals surface area contributed by atoms with E-state index < -0.39 is 6.10 Å². The van der Waals surface area contributed by atoms with Gasteiger partial charge in [-0.05, 0) is 36.9 Å². The van der Waals surface area contributed by atoms with Crippen LogP contribution < -0.4 is 0 Å². The molecule has 20 heavy (non-hydrogen) atoms. The summed E-state index contributed by atoms with van der Waals surface area (Å²) in [4.78, 5) is 5.57. The molecule has 2 unspecified atom stereocenters. The summed E-state index contributed by atoms with van der Waals surface area (Å²) in [5, 5.41) is 14.0.